The van der Waals surface area contributed by atoms with Crippen LogP contribution in [0.4, 0.5) is 0 Å². The van der Waals surface area contributed by atoms with E-state index < -0.39 is 0 Å². The predicted octanol–water partition coefficient (Wildman–Crippen LogP) is 2.69. The third kappa shape index (κ3) is 1.84. The van der Waals surface area contributed by atoms with E-state index in [9.17, 15) is 0 Å². The number of thiophene rings is 1. The molecule has 0 saturated carbocycles. The van der Waals surface area contributed by atoms with Gasteiger partial charge in [-0.05, 0) is 29.3 Å². The number of aromatic nitrogens is 2. The van der Waals surface area contributed by atoms with Gasteiger partial charge in [-0.1, -0.05) is 6.07 Å². The average Bonchev–Trinajstić information content (AvgIpc) is 2.59. The first-order valence-corrected chi connectivity index (χ1v) is 5.13. The van der Waals surface area contributed by atoms with Gasteiger partial charge >= 0.3 is 0 Å². The second-order valence-corrected chi connectivity index (χ2v) is 4.28. The minimum atomic E-state index is 0.806. The van der Waals surface area contributed by atoms with Crippen molar-refractivity contribution in [1.82, 2.24) is 9.97 Å². The standard InChI is InChI=1S/C8H6N2S2/c1-3-7(11-6-1)12-8-9-4-2-5-10-8/h1-6H. The first kappa shape index (κ1) is 7.76. The van der Waals surface area contributed by atoms with Crippen LogP contribution in [0.3, 0.4) is 0 Å². The number of rotatable bonds is 2. The highest BCUT2D eigenvalue weighted by atomic mass is 32.2. The molecule has 2 rings (SSSR count). The Balaban J connectivity index is 2.15. The Hall–Kier alpha value is -0.870. The molecule has 2 aromatic rings. The fourth-order valence-corrected chi connectivity index (χ4v) is 2.33. The third-order valence-electron chi connectivity index (χ3n) is 1.23. The van der Waals surface area contributed by atoms with E-state index in [2.05, 4.69) is 16.0 Å². The highest BCUT2D eigenvalue weighted by molar-refractivity contribution is 8.01. The summed E-state index contributed by atoms with van der Waals surface area (Å²) < 4.78 is 1.22. The lowest BCUT2D eigenvalue weighted by Crippen LogP contribution is -1.80. The molecule has 0 amide bonds. The Bertz CT molecular complexity index is 331. The van der Waals surface area contributed by atoms with Crippen molar-refractivity contribution in [2.75, 3.05) is 0 Å². The van der Waals surface area contributed by atoms with Crippen molar-refractivity contribution in [1.29, 1.82) is 0 Å². The normalized spacial score (nSPS) is 10.0. The van der Waals surface area contributed by atoms with Crippen LogP contribution < -0.4 is 0 Å². The molecule has 0 radical (unpaired) electrons. The van der Waals surface area contributed by atoms with Gasteiger partial charge in [0.15, 0.2) is 5.16 Å². The lowest BCUT2D eigenvalue weighted by Gasteiger charge is -1.93. The van der Waals surface area contributed by atoms with E-state index in [0.717, 1.165) is 5.16 Å². The first-order chi connectivity index (χ1) is 5.95. The molecule has 0 aromatic carbocycles. The van der Waals surface area contributed by atoms with Crippen LogP contribution in [0.15, 0.2) is 45.3 Å². The van der Waals surface area contributed by atoms with Gasteiger partial charge in [0.05, 0.1) is 4.21 Å². The molecule has 60 valence electrons. The smallest absolute Gasteiger partial charge is 0.193 e. The van der Waals surface area contributed by atoms with Crippen LogP contribution in [-0.2, 0) is 0 Å². The van der Waals surface area contributed by atoms with Crippen LogP contribution in [-0.4, -0.2) is 9.97 Å². The lowest BCUT2D eigenvalue weighted by molar-refractivity contribution is 0.968. The van der Waals surface area contributed by atoms with Crippen LogP contribution in [0.25, 0.3) is 0 Å². The zero-order valence-corrected chi connectivity index (χ0v) is 7.81. The molecular formula is C8H6N2S2. The van der Waals surface area contributed by atoms with Crippen molar-refractivity contribution in [2.45, 2.75) is 9.37 Å². The molecule has 0 saturated heterocycles. The fourth-order valence-electron chi connectivity index (χ4n) is 0.750. The van der Waals surface area contributed by atoms with Crippen molar-refractivity contribution < 1.29 is 0 Å². The van der Waals surface area contributed by atoms with Crippen LogP contribution >= 0.6 is 23.1 Å². The van der Waals surface area contributed by atoms with E-state index >= 15 is 0 Å². The van der Waals surface area contributed by atoms with Gasteiger partial charge in [-0.2, -0.15) is 0 Å². The monoisotopic (exact) mass is 194 g/mol. The van der Waals surface area contributed by atoms with E-state index in [1.165, 1.54) is 4.21 Å². The van der Waals surface area contributed by atoms with Crippen molar-refractivity contribution in [3.8, 4) is 0 Å². The zero-order valence-electron chi connectivity index (χ0n) is 6.18. The van der Waals surface area contributed by atoms with Crippen LogP contribution in [0, 0.1) is 0 Å². The SMILES string of the molecule is c1cnc(Sc2cccs2)nc1. The second kappa shape index (κ2) is 3.69. The van der Waals surface area contributed by atoms with E-state index in [-0.39, 0.29) is 0 Å². The minimum Gasteiger partial charge on any atom is -0.231 e. The molecule has 0 aliphatic heterocycles. The van der Waals surface area contributed by atoms with E-state index in [4.69, 9.17) is 0 Å². The van der Waals surface area contributed by atoms with Gasteiger partial charge < -0.3 is 0 Å². The topological polar surface area (TPSA) is 25.8 Å². The highest BCUT2D eigenvalue weighted by Crippen LogP contribution is 2.27. The molecule has 2 heterocycles. The Morgan fingerprint density at radius 1 is 1.17 bits per heavy atom. The fraction of sp³-hybridized carbons (Fsp3) is 0. The largest absolute Gasteiger partial charge is 0.231 e. The maximum absolute atomic E-state index is 4.11. The molecule has 0 spiro atoms. The first-order valence-electron chi connectivity index (χ1n) is 3.43. The molecule has 0 N–H and O–H groups in total. The quantitative estimate of drug-likeness (QED) is 0.687. The van der Waals surface area contributed by atoms with Crippen LogP contribution in [0.2, 0.25) is 0 Å². The summed E-state index contributed by atoms with van der Waals surface area (Å²) in [6.45, 7) is 0. The molecule has 0 aliphatic rings. The van der Waals surface area contributed by atoms with E-state index in [1.807, 2.05) is 17.5 Å². The van der Waals surface area contributed by atoms with Gasteiger partial charge in [-0.25, -0.2) is 9.97 Å². The number of hydrogen-bond donors (Lipinski definition) is 0. The van der Waals surface area contributed by atoms with Gasteiger partial charge in [-0.3, -0.25) is 0 Å². The summed E-state index contributed by atoms with van der Waals surface area (Å²) in [7, 11) is 0. The molecule has 2 aromatic heterocycles. The summed E-state index contributed by atoms with van der Waals surface area (Å²) in [5, 5.41) is 2.85. The van der Waals surface area contributed by atoms with Crippen molar-refractivity contribution >= 4 is 23.1 Å². The Kier molecular flexibility index (Phi) is 2.39. The second-order valence-electron chi connectivity index (χ2n) is 2.07. The third-order valence-corrected chi connectivity index (χ3v) is 3.16. The zero-order chi connectivity index (χ0) is 8.23. The molecule has 0 aliphatic carbocycles. The molecule has 4 heteroatoms. The van der Waals surface area contributed by atoms with Crippen molar-refractivity contribution in [3.63, 3.8) is 0 Å². The Labute approximate surface area is 78.7 Å². The van der Waals surface area contributed by atoms with Gasteiger partial charge in [0.1, 0.15) is 0 Å². The van der Waals surface area contributed by atoms with Crippen molar-refractivity contribution in [3.05, 3.63) is 36.0 Å². The molecule has 0 atom stereocenters. The van der Waals surface area contributed by atoms with Gasteiger partial charge in [-0.15, -0.1) is 11.3 Å². The summed E-state index contributed by atoms with van der Waals surface area (Å²) in [5.74, 6) is 0. The molecule has 0 bridgehead atoms. The van der Waals surface area contributed by atoms with Crippen LogP contribution in [0.5, 0.6) is 0 Å². The molecule has 2 nitrogen and oxygen atoms in total. The molecular weight excluding hydrogens is 188 g/mol. The summed E-state index contributed by atoms with van der Waals surface area (Å²) in [6.07, 6.45) is 3.51. The highest BCUT2D eigenvalue weighted by Gasteiger charge is 1.98. The average molecular weight is 194 g/mol. The molecule has 0 unspecified atom stereocenters. The van der Waals surface area contributed by atoms with Crippen molar-refractivity contribution in [2.24, 2.45) is 0 Å². The Morgan fingerprint density at radius 2 is 2.00 bits per heavy atom. The maximum Gasteiger partial charge on any atom is 0.193 e. The maximum atomic E-state index is 4.11. The number of nitrogens with zero attached hydrogens (tertiary/aromatic N) is 2. The predicted molar refractivity (Wildman–Crippen MR) is 50.5 cm³/mol. The Morgan fingerprint density at radius 3 is 2.67 bits per heavy atom. The summed E-state index contributed by atoms with van der Waals surface area (Å²) in [6, 6.07) is 5.90. The minimum absolute atomic E-state index is 0.806. The van der Waals surface area contributed by atoms with Gasteiger partial charge in [0.2, 0.25) is 0 Å². The molecule has 0 fully saturated rings. The lowest BCUT2D eigenvalue weighted by atomic mass is 10.7. The van der Waals surface area contributed by atoms with Gasteiger partial charge in [0, 0.05) is 12.4 Å². The van der Waals surface area contributed by atoms with Crippen LogP contribution in [0.1, 0.15) is 0 Å². The van der Waals surface area contributed by atoms with E-state index in [1.54, 1.807) is 35.5 Å². The van der Waals surface area contributed by atoms with E-state index in [0.29, 0.717) is 0 Å². The summed E-state index contributed by atoms with van der Waals surface area (Å²) >= 11 is 3.29. The molecule has 12 heavy (non-hydrogen) atoms. The number of hydrogen-bond acceptors (Lipinski definition) is 4. The van der Waals surface area contributed by atoms with Gasteiger partial charge in [0.25, 0.3) is 0 Å². The summed E-state index contributed by atoms with van der Waals surface area (Å²) in [5.41, 5.74) is 0. The summed E-state index contributed by atoms with van der Waals surface area (Å²) in [4.78, 5) is 8.22.